The third-order valence-corrected chi connectivity index (χ3v) is 3.51. The SMILES string of the molecule is CC(C)(CNc1cc(Cl)nc2ncnn12)NS(C)(=O)=O. The summed E-state index contributed by atoms with van der Waals surface area (Å²) in [6, 6.07) is 1.60. The zero-order valence-electron chi connectivity index (χ0n) is 11.3. The molecule has 10 heteroatoms. The van der Waals surface area contributed by atoms with Crippen LogP contribution in [-0.2, 0) is 10.0 Å². The molecule has 0 atom stereocenters. The van der Waals surface area contributed by atoms with Crippen molar-refractivity contribution in [2.45, 2.75) is 19.4 Å². The smallest absolute Gasteiger partial charge is 0.255 e. The number of nitrogens with zero attached hydrogens (tertiary/aromatic N) is 4. The number of nitrogens with one attached hydrogen (secondary N) is 2. The highest BCUT2D eigenvalue weighted by Crippen LogP contribution is 2.15. The number of rotatable bonds is 5. The molecule has 2 N–H and O–H groups in total. The summed E-state index contributed by atoms with van der Waals surface area (Å²) in [5.74, 6) is 0.953. The Kier molecular flexibility index (Phi) is 3.85. The Balaban J connectivity index is 2.19. The van der Waals surface area contributed by atoms with Gasteiger partial charge in [0.05, 0.1) is 6.26 Å². The summed E-state index contributed by atoms with van der Waals surface area (Å²) in [7, 11) is -3.29. The second-order valence-corrected chi connectivity index (χ2v) is 7.18. The molecule has 2 heterocycles. The quantitative estimate of drug-likeness (QED) is 0.779. The van der Waals surface area contributed by atoms with Gasteiger partial charge in [-0.25, -0.2) is 13.1 Å². The van der Waals surface area contributed by atoms with Crippen LogP contribution in [0.25, 0.3) is 5.78 Å². The second kappa shape index (κ2) is 5.15. The third-order valence-electron chi connectivity index (χ3n) is 2.39. The van der Waals surface area contributed by atoms with Crippen LogP contribution in [-0.4, -0.2) is 46.3 Å². The van der Waals surface area contributed by atoms with Gasteiger partial charge in [0, 0.05) is 18.2 Å². The zero-order chi connectivity index (χ0) is 15.0. The molecule has 0 spiro atoms. The highest BCUT2D eigenvalue weighted by molar-refractivity contribution is 7.88. The standard InChI is InChI=1S/C10H15ClN6O2S/c1-10(2,16-20(3,18)19)5-12-8-4-7(11)15-9-13-6-14-17(8)9/h4,6,12,16H,5H2,1-3H3. The molecule has 0 unspecified atom stereocenters. The molecule has 0 aliphatic heterocycles. The fourth-order valence-corrected chi connectivity index (χ4v) is 3.01. The van der Waals surface area contributed by atoms with Crippen LogP contribution in [0.2, 0.25) is 5.15 Å². The van der Waals surface area contributed by atoms with E-state index in [-0.39, 0.29) is 5.15 Å². The summed E-state index contributed by atoms with van der Waals surface area (Å²) in [5, 5.41) is 7.38. The normalized spacial score (nSPS) is 12.8. The first-order valence-electron chi connectivity index (χ1n) is 5.75. The van der Waals surface area contributed by atoms with Gasteiger partial charge in [-0.2, -0.15) is 19.6 Å². The Hall–Kier alpha value is -1.45. The Labute approximate surface area is 121 Å². The van der Waals surface area contributed by atoms with Crippen molar-refractivity contribution >= 4 is 33.2 Å². The van der Waals surface area contributed by atoms with Crippen LogP contribution in [0.1, 0.15) is 13.8 Å². The molecule has 0 amide bonds. The molecule has 0 aliphatic carbocycles. The summed E-state index contributed by atoms with van der Waals surface area (Å²) < 4.78 is 26.6. The van der Waals surface area contributed by atoms with E-state index in [1.807, 2.05) is 0 Å². The van der Waals surface area contributed by atoms with Crippen LogP contribution in [0.5, 0.6) is 0 Å². The number of hydrogen-bond acceptors (Lipinski definition) is 6. The van der Waals surface area contributed by atoms with E-state index in [0.717, 1.165) is 6.26 Å². The van der Waals surface area contributed by atoms with Gasteiger partial charge in [-0.15, -0.1) is 0 Å². The van der Waals surface area contributed by atoms with Crippen molar-refractivity contribution in [3.05, 3.63) is 17.5 Å². The van der Waals surface area contributed by atoms with Crippen LogP contribution in [0, 0.1) is 0 Å². The maximum atomic E-state index is 11.3. The Morgan fingerprint density at radius 1 is 1.45 bits per heavy atom. The van der Waals surface area contributed by atoms with Crippen molar-refractivity contribution in [1.29, 1.82) is 0 Å². The highest BCUT2D eigenvalue weighted by atomic mass is 35.5. The van der Waals surface area contributed by atoms with Crippen LogP contribution in [0.3, 0.4) is 0 Å². The molecule has 0 saturated heterocycles. The third kappa shape index (κ3) is 3.78. The average Bonchev–Trinajstić information content (AvgIpc) is 2.70. The molecule has 0 saturated carbocycles. The second-order valence-electron chi connectivity index (χ2n) is 5.05. The van der Waals surface area contributed by atoms with Crippen LogP contribution >= 0.6 is 11.6 Å². The number of fused-ring (bicyclic) bond motifs is 1. The maximum Gasteiger partial charge on any atom is 0.255 e. The number of sulfonamides is 1. The van der Waals surface area contributed by atoms with E-state index in [1.165, 1.54) is 10.8 Å². The maximum absolute atomic E-state index is 11.3. The van der Waals surface area contributed by atoms with Gasteiger partial charge < -0.3 is 5.32 Å². The fourth-order valence-electron chi connectivity index (χ4n) is 1.76. The molecular formula is C10H15ClN6O2S. The first-order valence-corrected chi connectivity index (χ1v) is 8.02. The van der Waals surface area contributed by atoms with Crippen LogP contribution in [0.4, 0.5) is 5.82 Å². The van der Waals surface area contributed by atoms with Gasteiger partial charge in [0.2, 0.25) is 10.0 Å². The number of aromatic nitrogens is 4. The van der Waals surface area contributed by atoms with Gasteiger partial charge >= 0.3 is 0 Å². The van der Waals surface area contributed by atoms with E-state index >= 15 is 0 Å². The Morgan fingerprint density at radius 2 is 2.15 bits per heavy atom. The molecule has 0 aromatic carbocycles. The zero-order valence-corrected chi connectivity index (χ0v) is 12.8. The number of anilines is 1. The predicted molar refractivity (Wildman–Crippen MR) is 76.3 cm³/mol. The summed E-state index contributed by atoms with van der Waals surface area (Å²) in [4.78, 5) is 7.95. The molecule has 110 valence electrons. The van der Waals surface area contributed by atoms with Gasteiger partial charge in [0.25, 0.3) is 5.78 Å². The lowest BCUT2D eigenvalue weighted by Crippen LogP contribution is -2.47. The molecule has 20 heavy (non-hydrogen) atoms. The molecule has 2 aromatic rings. The molecular weight excluding hydrogens is 304 g/mol. The number of hydrogen-bond donors (Lipinski definition) is 2. The van der Waals surface area contributed by atoms with Gasteiger partial charge in [-0.05, 0) is 13.8 Å². The summed E-state index contributed by atoms with van der Waals surface area (Å²) in [6.07, 6.45) is 2.48. The molecule has 2 aromatic heterocycles. The van der Waals surface area contributed by atoms with Crippen molar-refractivity contribution in [3.63, 3.8) is 0 Å². The van der Waals surface area contributed by atoms with Gasteiger partial charge in [-0.1, -0.05) is 11.6 Å². The topological polar surface area (TPSA) is 101 Å². The lowest BCUT2D eigenvalue weighted by molar-refractivity contribution is 0.475. The van der Waals surface area contributed by atoms with E-state index < -0.39 is 15.6 Å². The lowest BCUT2D eigenvalue weighted by Gasteiger charge is -2.25. The molecule has 8 nitrogen and oxygen atoms in total. The van der Waals surface area contributed by atoms with Gasteiger partial charge in [0.15, 0.2) is 0 Å². The van der Waals surface area contributed by atoms with E-state index in [9.17, 15) is 8.42 Å². The monoisotopic (exact) mass is 318 g/mol. The van der Waals surface area contributed by atoms with Gasteiger partial charge in [0.1, 0.15) is 17.3 Å². The number of halogens is 1. The molecule has 0 fully saturated rings. The molecule has 0 aliphatic rings. The van der Waals surface area contributed by atoms with Crippen molar-refractivity contribution in [2.75, 3.05) is 18.1 Å². The van der Waals surface area contributed by atoms with Crippen LogP contribution < -0.4 is 10.0 Å². The first-order chi connectivity index (χ1) is 9.16. The molecule has 2 rings (SSSR count). The van der Waals surface area contributed by atoms with Crippen LogP contribution in [0.15, 0.2) is 12.4 Å². The molecule has 0 bridgehead atoms. The molecule has 0 radical (unpaired) electrons. The lowest BCUT2D eigenvalue weighted by atomic mass is 10.1. The minimum atomic E-state index is -3.29. The minimum absolute atomic E-state index is 0.280. The van der Waals surface area contributed by atoms with E-state index in [1.54, 1.807) is 19.9 Å². The summed E-state index contributed by atoms with van der Waals surface area (Å²) in [6.45, 7) is 3.88. The van der Waals surface area contributed by atoms with E-state index in [4.69, 9.17) is 11.6 Å². The van der Waals surface area contributed by atoms with Crippen molar-refractivity contribution in [1.82, 2.24) is 24.3 Å². The largest absolute Gasteiger partial charge is 0.368 e. The highest BCUT2D eigenvalue weighted by Gasteiger charge is 2.22. The van der Waals surface area contributed by atoms with Crippen molar-refractivity contribution in [3.8, 4) is 0 Å². The summed E-state index contributed by atoms with van der Waals surface area (Å²) >= 11 is 5.89. The Bertz CT molecular complexity index is 726. The van der Waals surface area contributed by atoms with Crippen molar-refractivity contribution in [2.24, 2.45) is 0 Å². The first kappa shape index (κ1) is 14.9. The van der Waals surface area contributed by atoms with Crippen molar-refractivity contribution < 1.29 is 8.42 Å². The van der Waals surface area contributed by atoms with E-state index in [2.05, 4.69) is 25.1 Å². The minimum Gasteiger partial charge on any atom is -0.368 e. The van der Waals surface area contributed by atoms with E-state index in [0.29, 0.717) is 18.1 Å². The average molecular weight is 319 g/mol. The summed E-state index contributed by atoms with van der Waals surface area (Å²) in [5.41, 5.74) is -0.670. The Morgan fingerprint density at radius 3 is 2.80 bits per heavy atom. The van der Waals surface area contributed by atoms with Gasteiger partial charge in [-0.3, -0.25) is 0 Å². The predicted octanol–water partition coefficient (Wildman–Crippen LogP) is 0.517. The fraction of sp³-hybridized carbons (Fsp3) is 0.500.